The van der Waals surface area contributed by atoms with Crippen LogP contribution in [0.3, 0.4) is 0 Å². The number of aromatic carboxylic acids is 1. The van der Waals surface area contributed by atoms with Gasteiger partial charge in [0.05, 0.1) is 12.7 Å². The summed E-state index contributed by atoms with van der Waals surface area (Å²) in [5.41, 5.74) is 2.62. The Balaban J connectivity index is 2.54. The largest absolute Gasteiger partial charge is 0.497 e. The summed E-state index contributed by atoms with van der Waals surface area (Å²) >= 11 is 0. The normalized spacial score (nSPS) is 12.0. The van der Waals surface area contributed by atoms with Crippen LogP contribution in [-0.4, -0.2) is 23.3 Å². The number of aliphatic hydroxyl groups is 1. The van der Waals surface area contributed by atoms with Crippen LogP contribution in [0.5, 0.6) is 5.75 Å². The molecule has 2 N–H and O–H groups in total. The third kappa shape index (κ3) is 2.90. The van der Waals surface area contributed by atoms with Crippen LogP contribution in [0.15, 0.2) is 36.4 Å². The van der Waals surface area contributed by atoms with Crippen LogP contribution in [0.25, 0.3) is 0 Å². The molecule has 0 saturated carbocycles. The first-order valence-electron chi connectivity index (χ1n) is 6.61. The van der Waals surface area contributed by atoms with Crippen LogP contribution in [0, 0.1) is 13.8 Å². The summed E-state index contributed by atoms with van der Waals surface area (Å²) in [6.07, 6.45) is -0.984. The Labute approximate surface area is 123 Å². The minimum Gasteiger partial charge on any atom is -0.497 e. The Bertz CT molecular complexity index is 659. The fraction of sp³-hybridized carbons (Fsp3) is 0.235. The van der Waals surface area contributed by atoms with Gasteiger partial charge in [0.2, 0.25) is 0 Å². The van der Waals surface area contributed by atoms with Gasteiger partial charge in [0.1, 0.15) is 11.9 Å². The number of carbonyl (C=O) groups is 1. The molecular weight excluding hydrogens is 268 g/mol. The summed E-state index contributed by atoms with van der Waals surface area (Å²) in [6, 6.07) is 10.5. The van der Waals surface area contributed by atoms with Crippen molar-refractivity contribution in [1.82, 2.24) is 0 Å². The average molecular weight is 286 g/mol. The lowest BCUT2D eigenvalue weighted by Crippen LogP contribution is -2.12. The number of aliphatic hydroxyl groups excluding tert-OH is 1. The number of hydrogen-bond donors (Lipinski definition) is 2. The Morgan fingerprint density at radius 3 is 2.14 bits per heavy atom. The summed E-state index contributed by atoms with van der Waals surface area (Å²) in [5, 5.41) is 20.0. The van der Waals surface area contributed by atoms with Gasteiger partial charge in [-0.05, 0) is 42.7 Å². The van der Waals surface area contributed by atoms with Crippen LogP contribution in [0.2, 0.25) is 0 Å². The van der Waals surface area contributed by atoms with E-state index in [1.807, 2.05) is 6.07 Å². The Kier molecular flexibility index (Phi) is 4.29. The quantitative estimate of drug-likeness (QED) is 0.906. The molecule has 0 saturated heterocycles. The standard InChI is InChI=1S/C17H18O4/c1-10-4-5-11(2)15(17(19)20)14(10)16(18)12-6-8-13(21-3)9-7-12/h4-9,16,18H,1-3H3,(H,19,20). The van der Waals surface area contributed by atoms with Crippen molar-refractivity contribution in [2.45, 2.75) is 20.0 Å². The van der Waals surface area contributed by atoms with Gasteiger partial charge in [-0.1, -0.05) is 24.3 Å². The fourth-order valence-corrected chi connectivity index (χ4v) is 2.42. The van der Waals surface area contributed by atoms with E-state index >= 15 is 0 Å². The van der Waals surface area contributed by atoms with E-state index < -0.39 is 12.1 Å². The van der Waals surface area contributed by atoms with Crippen LogP contribution in [-0.2, 0) is 0 Å². The van der Waals surface area contributed by atoms with Crippen LogP contribution < -0.4 is 4.74 Å². The first kappa shape index (κ1) is 15.1. The van der Waals surface area contributed by atoms with Gasteiger partial charge in [0, 0.05) is 5.56 Å². The second-order valence-electron chi connectivity index (χ2n) is 4.97. The smallest absolute Gasteiger partial charge is 0.336 e. The lowest BCUT2D eigenvalue weighted by Gasteiger charge is -2.18. The van der Waals surface area contributed by atoms with Crippen molar-refractivity contribution in [2.24, 2.45) is 0 Å². The molecule has 21 heavy (non-hydrogen) atoms. The van der Waals surface area contributed by atoms with Crippen molar-refractivity contribution in [1.29, 1.82) is 0 Å². The molecule has 0 aliphatic carbocycles. The van der Waals surface area contributed by atoms with E-state index in [-0.39, 0.29) is 5.56 Å². The van der Waals surface area contributed by atoms with Gasteiger partial charge in [0.25, 0.3) is 0 Å². The van der Waals surface area contributed by atoms with Crippen molar-refractivity contribution >= 4 is 5.97 Å². The highest BCUT2D eigenvalue weighted by molar-refractivity contribution is 5.92. The van der Waals surface area contributed by atoms with E-state index in [9.17, 15) is 15.0 Å². The first-order chi connectivity index (χ1) is 9.95. The number of methoxy groups -OCH3 is 1. The molecule has 2 aromatic rings. The Morgan fingerprint density at radius 1 is 1.05 bits per heavy atom. The monoisotopic (exact) mass is 286 g/mol. The summed E-state index contributed by atoms with van der Waals surface area (Å²) in [5.74, 6) is -0.343. The molecule has 4 heteroatoms. The number of carboxylic acid groups (broad SMARTS) is 1. The second-order valence-corrected chi connectivity index (χ2v) is 4.97. The summed E-state index contributed by atoms with van der Waals surface area (Å²) in [4.78, 5) is 11.5. The summed E-state index contributed by atoms with van der Waals surface area (Å²) < 4.78 is 5.08. The molecule has 0 aliphatic rings. The predicted octanol–water partition coefficient (Wildman–Crippen LogP) is 3.09. The number of aryl methyl sites for hydroxylation is 2. The van der Waals surface area contributed by atoms with Crippen LogP contribution in [0.4, 0.5) is 0 Å². The van der Waals surface area contributed by atoms with Gasteiger partial charge in [-0.15, -0.1) is 0 Å². The topological polar surface area (TPSA) is 66.8 Å². The third-order valence-electron chi connectivity index (χ3n) is 3.59. The molecule has 0 bridgehead atoms. The van der Waals surface area contributed by atoms with Crippen molar-refractivity contribution < 1.29 is 19.7 Å². The van der Waals surface area contributed by atoms with Crippen molar-refractivity contribution in [3.05, 3.63) is 64.2 Å². The molecule has 0 aliphatic heterocycles. The number of carboxylic acids is 1. The molecule has 1 unspecified atom stereocenters. The van der Waals surface area contributed by atoms with Gasteiger partial charge >= 0.3 is 5.97 Å². The van der Waals surface area contributed by atoms with E-state index in [1.165, 1.54) is 0 Å². The van der Waals surface area contributed by atoms with E-state index in [4.69, 9.17) is 4.74 Å². The van der Waals surface area contributed by atoms with E-state index in [0.717, 1.165) is 5.56 Å². The maximum atomic E-state index is 11.5. The lowest BCUT2D eigenvalue weighted by molar-refractivity contribution is 0.0690. The number of ether oxygens (including phenoxy) is 1. The molecular formula is C17H18O4. The molecule has 0 radical (unpaired) electrons. The van der Waals surface area contributed by atoms with Gasteiger partial charge in [-0.2, -0.15) is 0 Å². The fourth-order valence-electron chi connectivity index (χ4n) is 2.42. The molecule has 2 rings (SSSR count). The highest BCUT2D eigenvalue weighted by Gasteiger charge is 2.22. The first-order valence-corrected chi connectivity index (χ1v) is 6.61. The second kappa shape index (κ2) is 5.97. The summed E-state index contributed by atoms with van der Waals surface area (Å²) in [6.45, 7) is 3.53. The molecule has 110 valence electrons. The molecule has 0 heterocycles. The predicted molar refractivity (Wildman–Crippen MR) is 79.9 cm³/mol. The molecule has 4 nitrogen and oxygen atoms in total. The van der Waals surface area contributed by atoms with E-state index in [2.05, 4.69) is 0 Å². The van der Waals surface area contributed by atoms with Gasteiger partial charge in [0.15, 0.2) is 0 Å². The zero-order valence-corrected chi connectivity index (χ0v) is 12.3. The van der Waals surface area contributed by atoms with Gasteiger partial charge < -0.3 is 14.9 Å². The number of benzene rings is 2. The lowest BCUT2D eigenvalue weighted by atomic mass is 9.90. The van der Waals surface area contributed by atoms with Crippen LogP contribution >= 0.6 is 0 Å². The Hall–Kier alpha value is -2.33. The maximum Gasteiger partial charge on any atom is 0.336 e. The van der Waals surface area contributed by atoms with E-state index in [1.54, 1.807) is 51.3 Å². The molecule has 1 atom stereocenters. The van der Waals surface area contributed by atoms with Gasteiger partial charge in [-0.3, -0.25) is 0 Å². The Morgan fingerprint density at radius 2 is 1.62 bits per heavy atom. The SMILES string of the molecule is COc1ccc(C(O)c2c(C)ccc(C)c2C(=O)O)cc1. The average Bonchev–Trinajstić information content (AvgIpc) is 2.48. The third-order valence-corrected chi connectivity index (χ3v) is 3.59. The molecule has 0 fully saturated rings. The molecule has 0 amide bonds. The van der Waals surface area contributed by atoms with Crippen molar-refractivity contribution in [3.63, 3.8) is 0 Å². The van der Waals surface area contributed by atoms with Crippen molar-refractivity contribution in [2.75, 3.05) is 7.11 Å². The molecule has 0 aromatic heterocycles. The number of hydrogen-bond acceptors (Lipinski definition) is 3. The van der Waals surface area contributed by atoms with Gasteiger partial charge in [-0.25, -0.2) is 4.79 Å². The van der Waals surface area contributed by atoms with Crippen LogP contribution in [0.1, 0.15) is 38.7 Å². The zero-order chi connectivity index (χ0) is 15.6. The highest BCUT2D eigenvalue weighted by Crippen LogP contribution is 2.30. The minimum absolute atomic E-state index is 0.165. The zero-order valence-electron chi connectivity index (χ0n) is 12.3. The maximum absolute atomic E-state index is 11.5. The van der Waals surface area contributed by atoms with Crippen molar-refractivity contribution in [3.8, 4) is 5.75 Å². The molecule has 2 aromatic carbocycles. The molecule has 0 spiro atoms. The number of rotatable bonds is 4. The minimum atomic E-state index is -1.03. The van der Waals surface area contributed by atoms with E-state index in [0.29, 0.717) is 22.4 Å². The summed E-state index contributed by atoms with van der Waals surface area (Å²) in [7, 11) is 1.57. The highest BCUT2D eigenvalue weighted by atomic mass is 16.5.